The van der Waals surface area contributed by atoms with Gasteiger partial charge in [-0.1, -0.05) is 13.0 Å². The van der Waals surface area contributed by atoms with Gasteiger partial charge in [-0.3, -0.25) is 0 Å². The molecular formula is C16H26N2. The molecule has 0 aliphatic carbocycles. The van der Waals surface area contributed by atoms with Gasteiger partial charge in [0.15, 0.2) is 0 Å². The van der Waals surface area contributed by atoms with Crippen molar-refractivity contribution >= 4 is 5.69 Å². The highest BCUT2D eigenvalue weighted by Crippen LogP contribution is 2.19. The number of likely N-dealkylation sites (tertiary alicyclic amines) is 1. The van der Waals surface area contributed by atoms with Gasteiger partial charge >= 0.3 is 0 Å². The summed E-state index contributed by atoms with van der Waals surface area (Å²) in [5.74, 6) is 0. The minimum Gasteiger partial charge on any atom is -0.382 e. The zero-order valence-corrected chi connectivity index (χ0v) is 12.0. The summed E-state index contributed by atoms with van der Waals surface area (Å²) >= 11 is 0. The second kappa shape index (κ2) is 6.24. The van der Waals surface area contributed by atoms with Crippen LogP contribution in [0.1, 0.15) is 37.3 Å². The van der Waals surface area contributed by atoms with Crippen LogP contribution in [0.15, 0.2) is 18.2 Å². The van der Waals surface area contributed by atoms with Crippen molar-refractivity contribution < 1.29 is 0 Å². The molecule has 100 valence electrons. The van der Waals surface area contributed by atoms with E-state index in [1.165, 1.54) is 55.7 Å². The quantitative estimate of drug-likeness (QED) is 0.873. The summed E-state index contributed by atoms with van der Waals surface area (Å²) in [6, 6.07) is 7.35. The Morgan fingerprint density at radius 2 is 1.89 bits per heavy atom. The lowest BCUT2D eigenvalue weighted by atomic mass is 10.0. The fraction of sp³-hybridized carbons (Fsp3) is 0.625. The standard InChI is InChI=1S/C16H26N2/c1-4-9-18-10-7-15(8-11-18)17-16-6-5-13(2)14(3)12-16/h5-6,12,15,17H,4,7-11H2,1-3H3. The number of anilines is 1. The third kappa shape index (κ3) is 3.49. The van der Waals surface area contributed by atoms with E-state index in [0.717, 1.165) is 0 Å². The predicted molar refractivity (Wildman–Crippen MR) is 79.3 cm³/mol. The summed E-state index contributed by atoms with van der Waals surface area (Å²) < 4.78 is 0. The molecule has 0 radical (unpaired) electrons. The number of benzene rings is 1. The van der Waals surface area contributed by atoms with E-state index in [9.17, 15) is 0 Å². The molecule has 2 rings (SSSR count). The van der Waals surface area contributed by atoms with E-state index < -0.39 is 0 Å². The molecule has 1 N–H and O–H groups in total. The van der Waals surface area contributed by atoms with Crippen LogP contribution in [0.5, 0.6) is 0 Å². The molecule has 2 heteroatoms. The van der Waals surface area contributed by atoms with Gasteiger partial charge in [0, 0.05) is 24.8 Å². The Morgan fingerprint density at radius 1 is 1.17 bits per heavy atom. The number of nitrogens with one attached hydrogen (secondary N) is 1. The summed E-state index contributed by atoms with van der Waals surface area (Å²) in [5, 5.41) is 3.68. The van der Waals surface area contributed by atoms with Crippen molar-refractivity contribution in [3.8, 4) is 0 Å². The van der Waals surface area contributed by atoms with Crippen molar-refractivity contribution in [3.05, 3.63) is 29.3 Å². The van der Waals surface area contributed by atoms with E-state index in [4.69, 9.17) is 0 Å². The molecule has 2 nitrogen and oxygen atoms in total. The van der Waals surface area contributed by atoms with Crippen LogP contribution < -0.4 is 5.32 Å². The van der Waals surface area contributed by atoms with Crippen molar-refractivity contribution in [3.63, 3.8) is 0 Å². The molecule has 0 amide bonds. The lowest BCUT2D eigenvalue weighted by molar-refractivity contribution is 0.219. The normalized spacial score (nSPS) is 17.9. The van der Waals surface area contributed by atoms with Crippen LogP contribution in [0.25, 0.3) is 0 Å². The van der Waals surface area contributed by atoms with Gasteiger partial charge in [-0.15, -0.1) is 0 Å². The van der Waals surface area contributed by atoms with Crippen molar-refractivity contribution in [2.24, 2.45) is 0 Å². The van der Waals surface area contributed by atoms with Crippen LogP contribution in [0.4, 0.5) is 5.69 Å². The molecule has 0 unspecified atom stereocenters. The van der Waals surface area contributed by atoms with Crippen LogP contribution in [0.2, 0.25) is 0 Å². The second-order valence-corrected chi connectivity index (χ2v) is 5.56. The third-order valence-electron chi connectivity index (χ3n) is 4.01. The van der Waals surface area contributed by atoms with Crippen LogP contribution in [-0.4, -0.2) is 30.6 Å². The fourth-order valence-corrected chi connectivity index (χ4v) is 2.68. The molecule has 1 fully saturated rings. The molecule has 18 heavy (non-hydrogen) atoms. The summed E-state index contributed by atoms with van der Waals surface area (Å²) in [7, 11) is 0. The van der Waals surface area contributed by atoms with Crippen molar-refractivity contribution in [2.45, 2.75) is 46.1 Å². The van der Waals surface area contributed by atoms with Gasteiger partial charge in [-0.05, 0) is 62.9 Å². The third-order valence-corrected chi connectivity index (χ3v) is 4.01. The number of hydrogen-bond acceptors (Lipinski definition) is 2. The Balaban J connectivity index is 1.85. The number of piperidine rings is 1. The Hall–Kier alpha value is -1.02. The molecule has 1 heterocycles. The average Bonchev–Trinajstić information content (AvgIpc) is 2.37. The van der Waals surface area contributed by atoms with Gasteiger partial charge in [-0.2, -0.15) is 0 Å². The molecule has 0 aromatic heterocycles. The minimum atomic E-state index is 0.653. The van der Waals surface area contributed by atoms with Crippen molar-refractivity contribution in [1.29, 1.82) is 0 Å². The molecule has 1 aromatic carbocycles. The highest BCUT2D eigenvalue weighted by molar-refractivity contribution is 5.48. The SMILES string of the molecule is CCCN1CCC(Nc2ccc(C)c(C)c2)CC1. The Morgan fingerprint density at radius 3 is 2.50 bits per heavy atom. The molecule has 1 aliphatic heterocycles. The van der Waals surface area contributed by atoms with E-state index >= 15 is 0 Å². The molecule has 0 saturated carbocycles. The number of aryl methyl sites for hydroxylation is 2. The average molecular weight is 246 g/mol. The van der Waals surface area contributed by atoms with Crippen molar-refractivity contribution in [1.82, 2.24) is 4.90 Å². The number of rotatable bonds is 4. The first-order valence-corrected chi connectivity index (χ1v) is 7.25. The molecular weight excluding hydrogens is 220 g/mol. The lowest BCUT2D eigenvalue weighted by Crippen LogP contribution is -2.39. The molecule has 1 saturated heterocycles. The van der Waals surface area contributed by atoms with Crippen LogP contribution in [0, 0.1) is 13.8 Å². The first kappa shape index (κ1) is 13.4. The highest BCUT2D eigenvalue weighted by Gasteiger charge is 2.18. The van der Waals surface area contributed by atoms with Crippen molar-refractivity contribution in [2.75, 3.05) is 25.0 Å². The van der Waals surface area contributed by atoms with E-state index in [0.29, 0.717) is 6.04 Å². The van der Waals surface area contributed by atoms with Crippen LogP contribution >= 0.6 is 0 Å². The van der Waals surface area contributed by atoms with E-state index in [1.807, 2.05) is 0 Å². The van der Waals surface area contributed by atoms with Crippen LogP contribution in [-0.2, 0) is 0 Å². The summed E-state index contributed by atoms with van der Waals surface area (Å²) in [6.45, 7) is 10.4. The molecule has 0 bridgehead atoms. The number of hydrogen-bond donors (Lipinski definition) is 1. The highest BCUT2D eigenvalue weighted by atomic mass is 15.1. The Bertz CT molecular complexity index is 379. The Labute approximate surface area is 111 Å². The van der Waals surface area contributed by atoms with E-state index in [2.05, 4.69) is 49.2 Å². The molecule has 0 atom stereocenters. The first-order chi connectivity index (χ1) is 8.69. The summed E-state index contributed by atoms with van der Waals surface area (Å²) in [4.78, 5) is 2.58. The second-order valence-electron chi connectivity index (χ2n) is 5.56. The zero-order valence-electron chi connectivity index (χ0n) is 12.0. The van der Waals surface area contributed by atoms with Gasteiger partial charge in [0.25, 0.3) is 0 Å². The van der Waals surface area contributed by atoms with Gasteiger partial charge in [0.05, 0.1) is 0 Å². The monoisotopic (exact) mass is 246 g/mol. The summed E-state index contributed by atoms with van der Waals surface area (Å²) in [6.07, 6.45) is 3.81. The molecule has 1 aliphatic rings. The molecule has 1 aromatic rings. The predicted octanol–water partition coefficient (Wildman–Crippen LogP) is 3.59. The maximum atomic E-state index is 3.68. The zero-order chi connectivity index (χ0) is 13.0. The van der Waals surface area contributed by atoms with Gasteiger partial charge in [-0.25, -0.2) is 0 Å². The summed E-state index contributed by atoms with van der Waals surface area (Å²) in [5.41, 5.74) is 4.04. The lowest BCUT2D eigenvalue weighted by Gasteiger charge is -2.32. The van der Waals surface area contributed by atoms with E-state index in [-0.39, 0.29) is 0 Å². The van der Waals surface area contributed by atoms with Gasteiger partial charge in [0.1, 0.15) is 0 Å². The largest absolute Gasteiger partial charge is 0.382 e. The molecule has 0 spiro atoms. The van der Waals surface area contributed by atoms with Gasteiger partial charge in [0.2, 0.25) is 0 Å². The smallest absolute Gasteiger partial charge is 0.0345 e. The topological polar surface area (TPSA) is 15.3 Å². The van der Waals surface area contributed by atoms with E-state index in [1.54, 1.807) is 0 Å². The Kier molecular flexibility index (Phi) is 4.65. The minimum absolute atomic E-state index is 0.653. The maximum absolute atomic E-state index is 3.68. The maximum Gasteiger partial charge on any atom is 0.0345 e. The van der Waals surface area contributed by atoms with Gasteiger partial charge < -0.3 is 10.2 Å². The van der Waals surface area contributed by atoms with Crippen LogP contribution in [0.3, 0.4) is 0 Å². The fourth-order valence-electron chi connectivity index (χ4n) is 2.68. The number of nitrogens with zero attached hydrogens (tertiary/aromatic N) is 1. The first-order valence-electron chi connectivity index (χ1n) is 7.25.